The Kier molecular flexibility index (Phi) is 3.66. The van der Waals surface area contributed by atoms with Crippen molar-refractivity contribution in [3.8, 4) is 5.75 Å². The smallest absolute Gasteiger partial charge is 0.124 e. The van der Waals surface area contributed by atoms with Crippen LogP contribution in [0, 0.1) is 0 Å². The minimum atomic E-state index is 0.351. The lowest BCUT2D eigenvalue weighted by atomic mass is 10.0. The van der Waals surface area contributed by atoms with Crippen LogP contribution in [0.3, 0.4) is 0 Å². The highest BCUT2D eigenvalue weighted by molar-refractivity contribution is 6.49. The molecule has 20 heavy (non-hydrogen) atoms. The molecule has 3 aromatic rings. The van der Waals surface area contributed by atoms with Crippen molar-refractivity contribution in [3.63, 3.8) is 0 Å². The number of hydrogen-bond acceptors (Lipinski definition) is 1. The van der Waals surface area contributed by atoms with E-state index < -0.39 is 0 Å². The van der Waals surface area contributed by atoms with E-state index >= 15 is 0 Å². The van der Waals surface area contributed by atoms with Gasteiger partial charge in [0, 0.05) is 5.39 Å². The van der Waals surface area contributed by atoms with Crippen LogP contribution in [-0.2, 0) is 0 Å². The van der Waals surface area contributed by atoms with Crippen molar-refractivity contribution in [1.29, 1.82) is 0 Å². The minimum Gasteiger partial charge on any atom is -0.507 e. The van der Waals surface area contributed by atoms with Gasteiger partial charge in [-0.1, -0.05) is 72.1 Å². The molecule has 96 valence electrons. The van der Waals surface area contributed by atoms with Gasteiger partial charge in [-0.15, -0.1) is 0 Å². The molecule has 0 fully saturated rings. The van der Waals surface area contributed by atoms with E-state index in [4.69, 9.17) is 0 Å². The topological polar surface area (TPSA) is 20.2 Å². The Bertz CT molecular complexity index is 793. The third-order valence-electron chi connectivity index (χ3n) is 3.24. The Morgan fingerprint density at radius 3 is 2.15 bits per heavy atom. The average molecular weight is 274 g/mol. The summed E-state index contributed by atoms with van der Waals surface area (Å²) in [6.07, 6.45) is 4.14. The maximum absolute atomic E-state index is 9.87. The van der Waals surface area contributed by atoms with Gasteiger partial charge in [0.2, 0.25) is 0 Å². The molecule has 0 saturated heterocycles. The molecule has 1 heterocycles. The third-order valence-corrected chi connectivity index (χ3v) is 4.01. The van der Waals surface area contributed by atoms with Gasteiger partial charge in [0.05, 0.1) is 0 Å². The van der Waals surface area contributed by atoms with Crippen molar-refractivity contribution >= 4 is 31.1 Å². The van der Waals surface area contributed by atoms with Gasteiger partial charge in [-0.3, -0.25) is 0 Å². The molecule has 0 spiro atoms. The van der Waals surface area contributed by atoms with Gasteiger partial charge >= 0.3 is 0 Å². The molecule has 1 aliphatic heterocycles. The molecule has 0 unspecified atom stereocenters. The van der Waals surface area contributed by atoms with Gasteiger partial charge in [0.1, 0.15) is 15.3 Å². The lowest BCUT2D eigenvalue weighted by molar-refractivity contribution is 0.482. The Morgan fingerprint density at radius 2 is 1.40 bits per heavy atom. The summed E-state index contributed by atoms with van der Waals surface area (Å²) in [7, 11) is 0.948. The van der Waals surface area contributed by atoms with Crippen LogP contribution in [0.25, 0.3) is 21.5 Å². The van der Waals surface area contributed by atoms with Crippen LogP contribution in [0.2, 0.25) is 0 Å². The predicted octanol–water partition coefficient (Wildman–Crippen LogP) is 4.43. The fourth-order valence-corrected chi connectivity index (χ4v) is 2.87. The van der Waals surface area contributed by atoms with E-state index in [1.807, 2.05) is 36.4 Å². The Morgan fingerprint density at radius 1 is 0.700 bits per heavy atom. The lowest BCUT2D eigenvalue weighted by Gasteiger charge is -2.05. The van der Waals surface area contributed by atoms with Crippen molar-refractivity contribution in [2.45, 2.75) is 0 Å². The van der Waals surface area contributed by atoms with Crippen LogP contribution in [-0.4, -0.2) is 14.6 Å². The normalized spacial score (nSPS) is 12.6. The van der Waals surface area contributed by atoms with Crippen LogP contribution >= 0.6 is 0 Å². The van der Waals surface area contributed by atoms with Gasteiger partial charge < -0.3 is 5.11 Å². The van der Waals surface area contributed by atoms with E-state index in [1.165, 1.54) is 0 Å². The molecule has 0 atom stereocenters. The van der Waals surface area contributed by atoms with Gasteiger partial charge in [-0.2, -0.15) is 0 Å². The number of phenols is 1. The Balaban J connectivity index is 0.000000205. The molecular weight excluding hydrogens is 260 g/mol. The van der Waals surface area contributed by atoms with Gasteiger partial charge in [0.15, 0.2) is 0 Å². The first kappa shape index (κ1) is 12.7. The summed E-state index contributed by atoms with van der Waals surface area (Å²) in [6.45, 7) is 0. The zero-order valence-electron chi connectivity index (χ0n) is 11.0. The summed E-state index contributed by atoms with van der Waals surface area (Å²) in [5.74, 6) is 0.351. The second-order valence-electron chi connectivity index (χ2n) is 4.55. The first-order chi connectivity index (χ1) is 9.86. The Hall–Kier alpha value is -2.32. The maximum Gasteiger partial charge on any atom is 0.124 e. The first-order valence-corrected chi connectivity index (χ1v) is 7.69. The predicted molar refractivity (Wildman–Crippen MR) is 87.2 cm³/mol. The summed E-state index contributed by atoms with van der Waals surface area (Å²) in [4.78, 5) is 0. The quantitative estimate of drug-likeness (QED) is 0.475. The average Bonchev–Trinajstić information content (AvgIpc) is 3.07. The number of aromatic hydroxyl groups is 1. The van der Waals surface area contributed by atoms with E-state index in [0.29, 0.717) is 5.75 Å². The number of hydrogen-bond donors (Lipinski definition) is 1. The second-order valence-corrected chi connectivity index (χ2v) is 5.55. The van der Waals surface area contributed by atoms with Crippen molar-refractivity contribution < 1.29 is 5.11 Å². The van der Waals surface area contributed by atoms with E-state index in [0.717, 1.165) is 31.1 Å². The van der Waals surface area contributed by atoms with Crippen molar-refractivity contribution in [1.82, 2.24) is 0 Å². The standard InChI is InChI=1S/C14H10O.C4H4Si/c15-13-7-3-5-11-9-8-10-4-1-2-6-12(10)14(11)13;1-2-4-5-3-1/h1-9,15H;1-4H. The molecule has 1 nitrogen and oxygen atoms in total. The van der Waals surface area contributed by atoms with Crippen molar-refractivity contribution in [2.24, 2.45) is 0 Å². The summed E-state index contributed by atoms with van der Waals surface area (Å²) in [6, 6.07) is 17.8. The first-order valence-electron chi connectivity index (χ1n) is 6.53. The van der Waals surface area contributed by atoms with Crippen LogP contribution in [0.4, 0.5) is 0 Å². The molecule has 0 bridgehead atoms. The number of phenolic OH excluding ortho intramolecular Hbond substituents is 1. The van der Waals surface area contributed by atoms with Crippen LogP contribution < -0.4 is 0 Å². The van der Waals surface area contributed by atoms with Gasteiger partial charge in [-0.25, -0.2) is 0 Å². The molecule has 0 amide bonds. The lowest BCUT2D eigenvalue weighted by Crippen LogP contribution is -1.77. The minimum absolute atomic E-state index is 0.351. The maximum atomic E-state index is 9.87. The number of fused-ring (bicyclic) bond motifs is 3. The number of benzene rings is 3. The second kappa shape index (κ2) is 5.76. The largest absolute Gasteiger partial charge is 0.507 e. The summed E-state index contributed by atoms with van der Waals surface area (Å²) < 4.78 is 0. The van der Waals surface area contributed by atoms with E-state index in [2.05, 4.69) is 35.7 Å². The third kappa shape index (κ3) is 2.51. The number of rotatable bonds is 0. The summed E-state index contributed by atoms with van der Waals surface area (Å²) in [5, 5.41) is 14.2. The van der Waals surface area contributed by atoms with Gasteiger partial charge in [0.25, 0.3) is 0 Å². The summed E-state index contributed by atoms with van der Waals surface area (Å²) >= 11 is 0. The number of allylic oxidation sites excluding steroid dienone is 2. The molecular formula is C18H14OSi. The molecule has 4 rings (SSSR count). The zero-order valence-corrected chi connectivity index (χ0v) is 12.0. The fourth-order valence-electron chi connectivity index (χ4n) is 2.32. The highest BCUT2D eigenvalue weighted by atomic mass is 28.2. The van der Waals surface area contributed by atoms with Crippen molar-refractivity contribution in [3.05, 3.63) is 78.1 Å². The van der Waals surface area contributed by atoms with Crippen LogP contribution in [0.1, 0.15) is 0 Å². The molecule has 0 aromatic heterocycles. The Labute approximate surface area is 120 Å². The van der Waals surface area contributed by atoms with Crippen LogP contribution in [0.5, 0.6) is 5.75 Å². The molecule has 1 N–H and O–H groups in total. The highest BCUT2D eigenvalue weighted by Gasteiger charge is 2.03. The summed E-state index contributed by atoms with van der Waals surface area (Å²) in [5.41, 5.74) is 4.31. The van der Waals surface area contributed by atoms with E-state index in [9.17, 15) is 5.11 Å². The molecule has 2 heteroatoms. The van der Waals surface area contributed by atoms with Gasteiger partial charge in [-0.05, 0) is 22.2 Å². The van der Waals surface area contributed by atoms with E-state index in [1.54, 1.807) is 6.07 Å². The monoisotopic (exact) mass is 274 g/mol. The molecule has 0 saturated carbocycles. The molecule has 3 aromatic carbocycles. The molecule has 1 aliphatic rings. The zero-order chi connectivity index (χ0) is 13.8. The molecule has 2 radical (unpaired) electrons. The van der Waals surface area contributed by atoms with Crippen LogP contribution in [0.15, 0.2) is 78.1 Å². The molecule has 0 aliphatic carbocycles. The van der Waals surface area contributed by atoms with Crippen molar-refractivity contribution in [2.75, 3.05) is 0 Å². The SMILES string of the molecule is C1=C[Si]C=C1.Oc1cccc2ccc3ccccc3c12. The highest BCUT2D eigenvalue weighted by Crippen LogP contribution is 2.31. The van der Waals surface area contributed by atoms with E-state index in [-0.39, 0.29) is 0 Å². The fraction of sp³-hybridized carbons (Fsp3) is 0.